The molecular formula is C13H13F2NO5. The number of hydrogen-bond donors (Lipinski definition) is 0. The molecule has 8 heteroatoms. The minimum atomic E-state index is -3.64. The normalized spacial score (nSPS) is 17.0. The monoisotopic (exact) mass is 301 g/mol. The minimum Gasteiger partial charge on any atom is -0.490 e. The summed E-state index contributed by atoms with van der Waals surface area (Å²) < 4.78 is 36.9. The fraction of sp³-hybridized carbons (Fsp3) is 0.462. The highest BCUT2D eigenvalue weighted by Crippen LogP contribution is 2.36. The zero-order valence-electron chi connectivity index (χ0n) is 11.2. The van der Waals surface area contributed by atoms with Gasteiger partial charge in [-0.1, -0.05) is 0 Å². The van der Waals surface area contributed by atoms with E-state index in [1.807, 2.05) is 0 Å². The van der Waals surface area contributed by atoms with Gasteiger partial charge in [-0.15, -0.1) is 0 Å². The number of nitro groups is 1. The molecule has 0 saturated carbocycles. The van der Waals surface area contributed by atoms with Gasteiger partial charge in [0.15, 0.2) is 0 Å². The molecule has 1 aliphatic rings. The average molecular weight is 301 g/mol. The maximum absolute atomic E-state index is 13.6. The molecule has 6 nitrogen and oxygen atoms in total. The maximum Gasteiger partial charge on any atom is 0.377 e. The second kappa shape index (κ2) is 5.63. The molecule has 0 aromatic heterocycles. The number of hydrogen-bond acceptors (Lipinski definition) is 5. The first-order valence-corrected chi connectivity index (χ1v) is 6.32. The molecule has 0 fully saturated rings. The van der Waals surface area contributed by atoms with Crippen molar-refractivity contribution in [1.82, 2.24) is 0 Å². The van der Waals surface area contributed by atoms with Crippen LogP contribution in [0.25, 0.3) is 0 Å². The van der Waals surface area contributed by atoms with E-state index in [1.54, 1.807) is 0 Å². The van der Waals surface area contributed by atoms with E-state index < -0.39 is 29.3 Å². The number of ether oxygens (including phenoxy) is 2. The number of alkyl halides is 2. The van der Waals surface area contributed by atoms with Crippen LogP contribution in [-0.4, -0.2) is 29.5 Å². The number of esters is 1. The van der Waals surface area contributed by atoms with E-state index in [9.17, 15) is 23.7 Å². The summed E-state index contributed by atoms with van der Waals surface area (Å²) >= 11 is 0. The van der Waals surface area contributed by atoms with Crippen molar-refractivity contribution in [3.8, 4) is 5.75 Å². The first-order valence-electron chi connectivity index (χ1n) is 6.32. The van der Waals surface area contributed by atoms with Crippen LogP contribution in [0, 0.1) is 10.1 Å². The Balaban J connectivity index is 2.06. The van der Waals surface area contributed by atoms with Crippen molar-refractivity contribution in [3.05, 3.63) is 33.9 Å². The summed E-state index contributed by atoms with van der Waals surface area (Å²) in [6.07, 6.45) is -1.65. The average Bonchev–Trinajstić information content (AvgIpc) is 2.78. The first-order chi connectivity index (χ1) is 9.83. The number of nitro benzene ring substituents is 1. The van der Waals surface area contributed by atoms with Gasteiger partial charge >= 0.3 is 11.9 Å². The lowest BCUT2D eigenvalue weighted by atomic mass is 10.0. The summed E-state index contributed by atoms with van der Waals surface area (Å²) in [5.41, 5.74) is 0.351. The largest absolute Gasteiger partial charge is 0.490 e. The van der Waals surface area contributed by atoms with Gasteiger partial charge in [0.1, 0.15) is 11.9 Å². The van der Waals surface area contributed by atoms with Gasteiger partial charge in [0, 0.05) is 24.1 Å². The lowest BCUT2D eigenvalue weighted by Crippen LogP contribution is -2.36. The zero-order valence-corrected chi connectivity index (χ0v) is 11.2. The second-order valence-corrected chi connectivity index (χ2v) is 4.62. The third-order valence-electron chi connectivity index (χ3n) is 3.05. The van der Waals surface area contributed by atoms with Crippen LogP contribution in [0.2, 0.25) is 0 Å². The molecule has 1 aromatic carbocycles. The Morgan fingerprint density at radius 1 is 1.57 bits per heavy atom. The second-order valence-electron chi connectivity index (χ2n) is 4.62. The van der Waals surface area contributed by atoms with Crippen LogP contribution in [0.15, 0.2) is 18.2 Å². The number of nitrogens with zero attached hydrogens (tertiary/aromatic N) is 1. The van der Waals surface area contributed by atoms with Crippen LogP contribution >= 0.6 is 0 Å². The number of carbonyl (C=O) groups is 1. The van der Waals surface area contributed by atoms with Crippen LogP contribution in [0.3, 0.4) is 0 Å². The maximum atomic E-state index is 13.6. The van der Waals surface area contributed by atoms with Crippen LogP contribution in [0.4, 0.5) is 14.5 Å². The van der Waals surface area contributed by atoms with E-state index in [0.717, 1.165) is 0 Å². The molecule has 0 bridgehead atoms. The van der Waals surface area contributed by atoms with Crippen molar-refractivity contribution in [2.75, 3.05) is 6.61 Å². The number of fused-ring (bicyclic) bond motifs is 1. The molecule has 21 heavy (non-hydrogen) atoms. The number of carbonyl (C=O) groups excluding carboxylic acids is 1. The lowest BCUT2D eigenvalue weighted by molar-refractivity contribution is -0.384. The summed E-state index contributed by atoms with van der Waals surface area (Å²) in [6, 6.07) is 3.90. The van der Waals surface area contributed by atoms with E-state index in [1.165, 1.54) is 25.1 Å². The summed E-state index contributed by atoms with van der Waals surface area (Å²) in [5, 5.41) is 10.7. The molecular weight excluding hydrogens is 288 g/mol. The number of benzene rings is 1. The van der Waals surface area contributed by atoms with Crippen LogP contribution in [0.1, 0.15) is 18.9 Å². The molecule has 1 atom stereocenters. The van der Waals surface area contributed by atoms with Gasteiger partial charge in [-0.2, -0.15) is 8.78 Å². The fourth-order valence-electron chi connectivity index (χ4n) is 2.14. The van der Waals surface area contributed by atoms with Crippen molar-refractivity contribution in [2.24, 2.45) is 0 Å². The Morgan fingerprint density at radius 3 is 2.90 bits per heavy atom. The predicted molar refractivity (Wildman–Crippen MR) is 67.4 cm³/mol. The van der Waals surface area contributed by atoms with Gasteiger partial charge in [-0.3, -0.25) is 10.1 Å². The van der Waals surface area contributed by atoms with Crippen molar-refractivity contribution < 1.29 is 28.0 Å². The molecule has 114 valence electrons. The van der Waals surface area contributed by atoms with Gasteiger partial charge in [0.2, 0.25) is 0 Å². The van der Waals surface area contributed by atoms with Gasteiger partial charge < -0.3 is 9.47 Å². The van der Waals surface area contributed by atoms with Crippen molar-refractivity contribution in [3.63, 3.8) is 0 Å². The third-order valence-corrected chi connectivity index (χ3v) is 3.05. The summed E-state index contributed by atoms with van der Waals surface area (Å²) in [6.45, 7) is 1.31. The molecule has 0 unspecified atom stereocenters. The molecule has 1 heterocycles. The summed E-state index contributed by atoms with van der Waals surface area (Å²) in [4.78, 5) is 21.2. The van der Waals surface area contributed by atoms with E-state index in [0.29, 0.717) is 11.3 Å². The highest BCUT2D eigenvalue weighted by atomic mass is 19.3. The van der Waals surface area contributed by atoms with Crippen molar-refractivity contribution in [2.45, 2.75) is 31.8 Å². The van der Waals surface area contributed by atoms with Gasteiger partial charge in [0.05, 0.1) is 18.0 Å². The van der Waals surface area contributed by atoms with Crippen LogP contribution in [-0.2, 0) is 16.0 Å². The Hall–Kier alpha value is -2.25. The molecule has 0 amide bonds. The Labute approximate surface area is 118 Å². The molecule has 1 aromatic rings. The van der Waals surface area contributed by atoms with E-state index in [-0.39, 0.29) is 18.7 Å². The predicted octanol–water partition coefficient (Wildman–Crippen LogP) is 2.49. The third kappa shape index (κ3) is 3.26. The van der Waals surface area contributed by atoms with E-state index >= 15 is 0 Å². The van der Waals surface area contributed by atoms with Crippen LogP contribution in [0.5, 0.6) is 5.75 Å². The SMILES string of the molecule is CCOC(=O)C(F)(F)C[C@@H]1Cc2cc([N+](=O)[O-])ccc2O1. The topological polar surface area (TPSA) is 78.7 Å². The standard InChI is InChI=1S/C13H13F2NO5/c1-2-20-12(17)13(14,15)7-10-6-8-5-9(16(18)19)3-4-11(8)21-10/h3-5,10H,2,6-7H2,1H3/t10-/m0/s1. The number of halogens is 2. The molecule has 0 radical (unpaired) electrons. The number of non-ortho nitro benzene ring substituents is 1. The Kier molecular flexibility index (Phi) is 4.06. The van der Waals surface area contributed by atoms with E-state index in [4.69, 9.17) is 4.74 Å². The highest BCUT2D eigenvalue weighted by Gasteiger charge is 2.44. The highest BCUT2D eigenvalue weighted by molar-refractivity contribution is 5.77. The van der Waals surface area contributed by atoms with E-state index in [2.05, 4.69) is 4.74 Å². The number of rotatable bonds is 5. The Bertz CT molecular complexity index is 576. The van der Waals surface area contributed by atoms with Crippen molar-refractivity contribution >= 4 is 11.7 Å². The quantitative estimate of drug-likeness (QED) is 0.474. The van der Waals surface area contributed by atoms with Crippen molar-refractivity contribution in [1.29, 1.82) is 0 Å². The lowest BCUT2D eigenvalue weighted by Gasteiger charge is -2.18. The molecule has 0 N–H and O–H groups in total. The summed E-state index contributed by atoms with van der Waals surface area (Å²) in [5.74, 6) is -4.91. The summed E-state index contributed by atoms with van der Waals surface area (Å²) in [7, 11) is 0. The van der Waals surface area contributed by atoms with Crippen LogP contribution < -0.4 is 4.74 Å². The van der Waals surface area contributed by atoms with Gasteiger partial charge in [-0.25, -0.2) is 4.79 Å². The molecule has 2 rings (SSSR count). The first kappa shape index (κ1) is 15.1. The zero-order chi connectivity index (χ0) is 15.6. The fourth-order valence-corrected chi connectivity index (χ4v) is 2.14. The minimum absolute atomic E-state index is 0.0893. The molecule has 0 aliphatic carbocycles. The van der Waals surface area contributed by atoms with Gasteiger partial charge in [-0.05, 0) is 13.0 Å². The smallest absolute Gasteiger partial charge is 0.377 e. The Morgan fingerprint density at radius 2 is 2.29 bits per heavy atom. The molecule has 0 spiro atoms. The molecule has 1 aliphatic heterocycles. The molecule has 0 saturated heterocycles. The van der Waals surface area contributed by atoms with Gasteiger partial charge in [0.25, 0.3) is 5.69 Å².